The second-order valence-corrected chi connectivity index (χ2v) is 4.33. The summed E-state index contributed by atoms with van der Waals surface area (Å²) in [5, 5.41) is 6.32. The third-order valence-corrected chi connectivity index (χ3v) is 2.92. The van der Waals surface area contributed by atoms with Crippen LogP contribution in [0.5, 0.6) is 5.75 Å². The fourth-order valence-corrected chi connectivity index (χ4v) is 1.96. The van der Waals surface area contributed by atoms with Crippen LogP contribution >= 0.6 is 11.3 Å². The number of methoxy groups -OCH3 is 1. The van der Waals surface area contributed by atoms with Gasteiger partial charge < -0.3 is 10.1 Å². The molecule has 4 nitrogen and oxygen atoms in total. The van der Waals surface area contributed by atoms with Crippen LogP contribution < -0.4 is 10.1 Å². The minimum absolute atomic E-state index is 0.664. The number of hydrogen-bond donors (Lipinski definition) is 1. The van der Waals surface area contributed by atoms with Crippen LogP contribution in [0.1, 0.15) is 10.7 Å². The predicted molar refractivity (Wildman–Crippen MR) is 65.0 cm³/mol. The molecule has 0 aliphatic rings. The summed E-state index contributed by atoms with van der Waals surface area (Å²) in [5.41, 5.74) is 1.02. The normalized spacial score (nSPS) is 10.1. The van der Waals surface area contributed by atoms with Crippen molar-refractivity contribution in [2.75, 3.05) is 12.4 Å². The second-order valence-electron chi connectivity index (χ2n) is 3.27. The van der Waals surface area contributed by atoms with Gasteiger partial charge in [0.2, 0.25) is 0 Å². The van der Waals surface area contributed by atoms with E-state index in [-0.39, 0.29) is 0 Å². The summed E-state index contributed by atoms with van der Waals surface area (Å²) in [6, 6.07) is 3.72. The molecule has 1 N–H and O–H groups in total. The molecule has 0 spiro atoms. The molecule has 5 heteroatoms. The van der Waals surface area contributed by atoms with E-state index >= 15 is 0 Å². The Morgan fingerprint density at radius 1 is 1.50 bits per heavy atom. The summed E-state index contributed by atoms with van der Waals surface area (Å²) in [6.07, 6.45) is 1.73. The second kappa shape index (κ2) is 4.94. The number of anilines is 1. The zero-order chi connectivity index (χ0) is 11.4. The van der Waals surface area contributed by atoms with Gasteiger partial charge in [0, 0.05) is 11.6 Å². The molecule has 0 atom stereocenters. The maximum atomic E-state index is 5.20. The minimum Gasteiger partial charge on any atom is -0.493 e. The van der Waals surface area contributed by atoms with Crippen molar-refractivity contribution in [1.82, 2.24) is 9.97 Å². The number of ether oxygens (including phenoxy) is 1. The summed E-state index contributed by atoms with van der Waals surface area (Å²) in [6.45, 7) is 2.66. The van der Waals surface area contributed by atoms with Gasteiger partial charge in [-0.15, -0.1) is 11.3 Å². The molecule has 2 aromatic heterocycles. The van der Waals surface area contributed by atoms with Gasteiger partial charge in [0.15, 0.2) is 11.6 Å². The van der Waals surface area contributed by atoms with Gasteiger partial charge in [-0.2, -0.15) is 0 Å². The van der Waals surface area contributed by atoms with Crippen LogP contribution in [0.4, 0.5) is 5.82 Å². The summed E-state index contributed by atoms with van der Waals surface area (Å²) in [5.74, 6) is 1.49. The maximum Gasteiger partial charge on any atom is 0.169 e. The molecule has 0 radical (unpaired) electrons. The van der Waals surface area contributed by atoms with E-state index in [0.717, 1.165) is 22.3 Å². The fourth-order valence-electron chi connectivity index (χ4n) is 1.35. The first kappa shape index (κ1) is 10.9. The van der Waals surface area contributed by atoms with Gasteiger partial charge in [0.05, 0.1) is 24.4 Å². The van der Waals surface area contributed by atoms with Gasteiger partial charge in [-0.25, -0.2) is 9.97 Å². The van der Waals surface area contributed by atoms with E-state index in [1.54, 1.807) is 24.6 Å². The van der Waals surface area contributed by atoms with E-state index in [9.17, 15) is 0 Å². The Balaban J connectivity index is 2.04. The van der Waals surface area contributed by atoms with E-state index in [0.29, 0.717) is 6.54 Å². The van der Waals surface area contributed by atoms with Gasteiger partial charge in [0.25, 0.3) is 0 Å². The Kier molecular flexibility index (Phi) is 3.36. The molecule has 2 rings (SSSR count). The number of aromatic nitrogens is 2. The predicted octanol–water partition coefficient (Wildman–Crippen LogP) is 2.47. The van der Waals surface area contributed by atoms with Crippen molar-refractivity contribution in [3.8, 4) is 5.75 Å². The fraction of sp³-hybridized carbons (Fsp3) is 0.273. The molecule has 0 saturated heterocycles. The zero-order valence-electron chi connectivity index (χ0n) is 9.23. The molecule has 0 bridgehead atoms. The van der Waals surface area contributed by atoms with Crippen molar-refractivity contribution < 1.29 is 4.74 Å². The first-order valence-electron chi connectivity index (χ1n) is 4.93. The lowest BCUT2D eigenvalue weighted by atomic mass is 10.4. The average Bonchev–Trinajstić information content (AvgIpc) is 2.73. The number of aryl methyl sites for hydroxylation is 1. The first-order chi connectivity index (χ1) is 7.79. The molecule has 16 heavy (non-hydrogen) atoms. The lowest BCUT2D eigenvalue weighted by molar-refractivity contribution is 0.415. The van der Waals surface area contributed by atoms with Crippen LogP contribution in [-0.4, -0.2) is 17.1 Å². The van der Waals surface area contributed by atoms with Crippen molar-refractivity contribution in [3.05, 3.63) is 34.4 Å². The SMILES string of the molecule is COc1cccnc1NCc1csc(C)n1. The lowest BCUT2D eigenvalue weighted by Crippen LogP contribution is -2.03. The summed E-state index contributed by atoms with van der Waals surface area (Å²) >= 11 is 1.65. The van der Waals surface area contributed by atoms with Gasteiger partial charge in [-0.1, -0.05) is 0 Å². The van der Waals surface area contributed by atoms with Crippen molar-refractivity contribution in [2.45, 2.75) is 13.5 Å². The van der Waals surface area contributed by atoms with Gasteiger partial charge in [-0.05, 0) is 19.1 Å². The quantitative estimate of drug-likeness (QED) is 0.884. The van der Waals surface area contributed by atoms with Crippen LogP contribution in [0.25, 0.3) is 0 Å². The molecule has 2 heterocycles. The molecule has 0 aliphatic heterocycles. The lowest BCUT2D eigenvalue weighted by Gasteiger charge is -2.07. The highest BCUT2D eigenvalue weighted by Crippen LogP contribution is 2.20. The van der Waals surface area contributed by atoms with Gasteiger partial charge in [0.1, 0.15) is 0 Å². The molecular weight excluding hydrogens is 222 g/mol. The highest BCUT2D eigenvalue weighted by molar-refractivity contribution is 7.09. The molecule has 84 valence electrons. The van der Waals surface area contributed by atoms with Crippen molar-refractivity contribution in [3.63, 3.8) is 0 Å². The number of nitrogens with zero attached hydrogens (tertiary/aromatic N) is 2. The standard InChI is InChI=1S/C11H13N3OS/c1-8-14-9(7-16-8)6-13-11-10(15-2)4-3-5-12-11/h3-5,7H,6H2,1-2H3,(H,12,13). The van der Waals surface area contributed by atoms with E-state index in [2.05, 4.69) is 15.3 Å². The number of hydrogen-bond acceptors (Lipinski definition) is 5. The third kappa shape index (κ3) is 2.49. The molecular formula is C11H13N3OS. The Labute approximate surface area is 98.3 Å². The summed E-state index contributed by atoms with van der Waals surface area (Å²) in [4.78, 5) is 8.58. The van der Waals surface area contributed by atoms with Crippen LogP contribution in [0.15, 0.2) is 23.7 Å². The van der Waals surface area contributed by atoms with E-state index in [1.165, 1.54) is 0 Å². The Morgan fingerprint density at radius 2 is 2.38 bits per heavy atom. The minimum atomic E-state index is 0.664. The number of pyridine rings is 1. The molecule has 0 aliphatic carbocycles. The van der Waals surface area contributed by atoms with Gasteiger partial charge in [-0.3, -0.25) is 0 Å². The smallest absolute Gasteiger partial charge is 0.169 e. The van der Waals surface area contributed by atoms with Crippen LogP contribution in [0, 0.1) is 6.92 Å². The molecule has 0 amide bonds. The number of thiazole rings is 1. The monoisotopic (exact) mass is 235 g/mol. The molecule has 2 aromatic rings. The Hall–Kier alpha value is -1.62. The molecule has 0 aromatic carbocycles. The largest absolute Gasteiger partial charge is 0.493 e. The zero-order valence-corrected chi connectivity index (χ0v) is 10.0. The average molecular weight is 235 g/mol. The van der Waals surface area contributed by atoms with E-state index in [1.807, 2.05) is 24.4 Å². The Bertz CT molecular complexity index is 470. The van der Waals surface area contributed by atoms with Gasteiger partial charge >= 0.3 is 0 Å². The highest BCUT2D eigenvalue weighted by Gasteiger charge is 2.03. The van der Waals surface area contributed by atoms with Crippen molar-refractivity contribution >= 4 is 17.2 Å². The summed E-state index contributed by atoms with van der Waals surface area (Å²) < 4.78 is 5.20. The maximum absolute atomic E-state index is 5.20. The molecule has 0 unspecified atom stereocenters. The van der Waals surface area contributed by atoms with Crippen molar-refractivity contribution in [1.29, 1.82) is 0 Å². The van der Waals surface area contributed by atoms with E-state index in [4.69, 9.17) is 4.74 Å². The van der Waals surface area contributed by atoms with Crippen LogP contribution in [0.2, 0.25) is 0 Å². The van der Waals surface area contributed by atoms with Crippen LogP contribution in [-0.2, 0) is 6.54 Å². The first-order valence-corrected chi connectivity index (χ1v) is 5.81. The van der Waals surface area contributed by atoms with E-state index < -0.39 is 0 Å². The topological polar surface area (TPSA) is 47.0 Å². The van der Waals surface area contributed by atoms with Crippen molar-refractivity contribution in [2.24, 2.45) is 0 Å². The summed E-state index contributed by atoms with van der Waals surface area (Å²) in [7, 11) is 1.63. The third-order valence-electron chi connectivity index (χ3n) is 2.09. The molecule has 0 saturated carbocycles. The number of nitrogens with one attached hydrogen (secondary N) is 1. The highest BCUT2D eigenvalue weighted by atomic mass is 32.1. The van der Waals surface area contributed by atoms with Crippen LogP contribution in [0.3, 0.4) is 0 Å². The Morgan fingerprint density at radius 3 is 3.06 bits per heavy atom. The molecule has 0 fully saturated rings. The number of rotatable bonds is 4.